The molecule has 2 amide bonds. The molecular weight excluding hydrogens is 320 g/mol. The number of thioether (sulfide) groups is 1. The zero-order chi connectivity index (χ0) is 15.3. The number of guanidine groups is 1. The first kappa shape index (κ1) is 16.8. The molecule has 2 saturated heterocycles. The molecule has 3 aliphatic rings. The van der Waals surface area contributed by atoms with E-state index in [1.807, 2.05) is 0 Å². The van der Waals surface area contributed by atoms with E-state index in [0.717, 1.165) is 4.90 Å². The number of hydrogen-bond donors (Lipinski definition) is 5. The summed E-state index contributed by atoms with van der Waals surface area (Å²) in [4.78, 5) is 28.5. The molecule has 1 unspecified atom stereocenters. The third-order valence-electron chi connectivity index (χ3n) is 3.37. The minimum absolute atomic E-state index is 0. The van der Waals surface area contributed by atoms with Gasteiger partial charge in [0.1, 0.15) is 24.1 Å². The second kappa shape index (κ2) is 5.91. The van der Waals surface area contributed by atoms with Gasteiger partial charge in [0.25, 0.3) is 5.24 Å². The largest absolute Gasteiger partial charge is 0.412 e. The van der Waals surface area contributed by atoms with Gasteiger partial charge in [-0.2, -0.15) is 4.99 Å². The minimum atomic E-state index is -1.45. The molecule has 5 atom stereocenters. The molecule has 2 fully saturated rings. The molecule has 3 heterocycles. The Labute approximate surface area is 127 Å². The van der Waals surface area contributed by atoms with Gasteiger partial charge in [0.05, 0.1) is 6.61 Å². The topological polar surface area (TPSA) is 187 Å². The summed E-state index contributed by atoms with van der Waals surface area (Å²) in [7, 11) is 0. The first-order chi connectivity index (χ1) is 9.93. The Hall–Kier alpha value is -1.57. The average molecular weight is 334 g/mol. The summed E-state index contributed by atoms with van der Waals surface area (Å²) in [5.41, 5.74) is 0. The summed E-state index contributed by atoms with van der Waals surface area (Å²) in [6.45, 7) is -0.532. The highest BCUT2D eigenvalue weighted by Crippen LogP contribution is 2.35. The fourth-order valence-corrected chi connectivity index (χ4v) is 3.32. The monoisotopic (exact) mass is 334 g/mol. The van der Waals surface area contributed by atoms with E-state index in [0.29, 0.717) is 11.8 Å². The number of amidine groups is 1. The van der Waals surface area contributed by atoms with Gasteiger partial charge < -0.3 is 25.5 Å². The van der Waals surface area contributed by atoms with Crippen LogP contribution < -0.4 is 5.32 Å². The van der Waals surface area contributed by atoms with Crippen molar-refractivity contribution >= 4 is 34.7 Å². The van der Waals surface area contributed by atoms with Crippen molar-refractivity contribution in [2.75, 3.05) is 6.61 Å². The lowest BCUT2D eigenvalue weighted by molar-refractivity contribution is -0.118. The van der Waals surface area contributed by atoms with Gasteiger partial charge in [-0.25, -0.2) is 0 Å². The van der Waals surface area contributed by atoms with E-state index in [4.69, 9.17) is 15.3 Å². The molecule has 0 aromatic heterocycles. The molecule has 7 N–H and O–H groups in total. The quantitative estimate of drug-likeness (QED) is 0.348. The second-order valence-electron chi connectivity index (χ2n) is 4.67. The van der Waals surface area contributed by atoms with Crippen LogP contribution in [0.15, 0.2) is 4.99 Å². The molecule has 0 saturated carbocycles. The molecule has 0 bridgehead atoms. The maximum atomic E-state index is 12.0. The predicted octanol–water partition coefficient (Wildman–Crippen LogP) is -3.40. The Morgan fingerprint density at radius 3 is 2.64 bits per heavy atom. The van der Waals surface area contributed by atoms with Crippen LogP contribution in [0.3, 0.4) is 0 Å². The van der Waals surface area contributed by atoms with Crippen LogP contribution in [0.1, 0.15) is 0 Å². The number of carbonyl (C=O) groups is 2. The number of ether oxygens (including phenoxy) is 1. The van der Waals surface area contributed by atoms with E-state index < -0.39 is 53.5 Å². The first-order valence-electron chi connectivity index (χ1n) is 6.04. The third kappa shape index (κ3) is 2.39. The lowest BCUT2D eigenvalue weighted by atomic mass is 10.1. The van der Waals surface area contributed by atoms with Gasteiger partial charge in [-0.3, -0.25) is 25.2 Å². The van der Waals surface area contributed by atoms with E-state index in [2.05, 4.69) is 10.3 Å². The summed E-state index contributed by atoms with van der Waals surface area (Å²) < 4.78 is 5.27. The van der Waals surface area contributed by atoms with E-state index >= 15 is 0 Å². The van der Waals surface area contributed by atoms with Crippen molar-refractivity contribution in [1.82, 2.24) is 10.2 Å². The number of aliphatic imine (C=N–C) groups is 1. The molecule has 0 aliphatic carbocycles. The van der Waals surface area contributed by atoms with Gasteiger partial charge in [-0.1, -0.05) is 0 Å². The van der Waals surface area contributed by atoms with Crippen molar-refractivity contribution in [2.45, 2.75) is 29.8 Å². The number of amides is 2. The predicted molar refractivity (Wildman–Crippen MR) is 73.3 cm³/mol. The number of fused-ring (bicyclic) bond motifs is 1. The van der Waals surface area contributed by atoms with E-state index in [9.17, 15) is 19.8 Å². The number of nitrogens with zero attached hydrogens (tertiary/aromatic N) is 2. The summed E-state index contributed by atoms with van der Waals surface area (Å²) in [6, 6.07) is 0. The van der Waals surface area contributed by atoms with Crippen LogP contribution in [0.5, 0.6) is 0 Å². The third-order valence-corrected chi connectivity index (χ3v) is 4.43. The number of carbonyl (C=O) groups excluding carboxylic acids is 2. The number of aliphatic hydroxyl groups is 3. The SMILES string of the molecule is N=C1N=C2C(SC(=O)N2[C@@H]2O[C@H](CO)[C@@H](O)[C@H]2O)C(=O)N1.O. The fourth-order valence-electron chi connectivity index (χ4n) is 2.37. The number of hydrogen-bond acceptors (Lipinski definition) is 8. The van der Waals surface area contributed by atoms with Crippen molar-refractivity contribution in [3.05, 3.63) is 0 Å². The van der Waals surface area contributed by atoms with Crippen molar-refractivity contribution < 1.29 is 35.1 Å². The molecule has 3 rings (SSSR count). The first-order valence-corrected chi connectivity index (χ1v) is 6.92. The Balaban J connectivity index is 0.00000176. The smallest absolute Gasteiger partial charge is 0.290 e. The Morgan fingerprint density at radius 1 is 1.36 bits per heavy atom. The standard InChI is InChI=1S/C10H12N4O6S.H2O/c11-9-12-6-5(7(18)13-9)21-10(19)14(6)8-4(17)3(16)2(1-15)20-8;/h2-5,8,15-17H,1H2,(H2,11,13,18);1H2/t2-,3-,4-,5?,8-;/m1./s1. The van der Waals surface area contributed by atoms with Crippen LogP contribution >= 0.6 is 11.8 Å². The maximum Gasteiger partial charge on any atom is 0.290 e. The van der Waals surface area contributed by atoms with E-state index in [-0.39, 0.29) is 11.3 Å². The highest BCUT2D eigenvalue weighted by Gasteiger charge is 2.54. The summed E-state index contributed by atoms with van der Waals surface area (Å²) >= 11 is 0.679. The summed E-state index contributed by atoms with van der Waals surface area (Å²) in [6.07, 6.45) is -5.12. The molecule has 3 aliphatic heterocycles. The van der Waals surface area contributed by atoms with E-state index in [1.54, 1.807) is 0 Å². The van der Waals surface area contributed by atoms with E-state index in [1.165, 1.54) is 0 Å². The normalized spacial score (nSPS) is 37.6. The van der Waals surface area contributed by atoms with Gasteiger partial charge in [-0.15, -0.1) is 0 Å². The summed E-state index contributed by atoms with van der Waals surface area (Å²) in [5.74, 6) is -0.996. The van der Waals surface area contributed by atoms with Gasteiger partial charge in [0.15, 0.2) is 11.5 Å². The highest BCUT2D eigenvalue weighted by molar-refractivity contribution is 8.16. The van der Waals surface area contributed by atoms with Gasteiger partial charge in [-0.05, 0) is 11.8 Å². The van der Waals surface area contributed by atoms with Crippen LogP contribution in [0.2, 0.25) is 0 Å². The van der Waals surface area contributed by atoms with Crippen molar-refractivity contribution in [3.63, 3.8) is 0 Å². The Kier molecular flexibility index (Phi) is 4.51. The molecule has 0 spiro atoms. The van der Waals surface area contributed by atoms with Crippen LogP contribution in [0.4, 0.5) is 4.79 Å². The lowest BCUT2D eigenvalue weighted by Gasteiger charge is -2.27. The van der Waals surface area contributed by atoms with Crippen LogP contribution in [-0.2, 0) is 9.53 Å². The van der Waals surface area contributed by atoms with Crippen molar-refractivity contribution in [1.29, 1.82) is 5.41 Å². The highest BCUT2D eigenvalue weighted by atomic mass is 32.2. The molecule has 12 heteroatoms. The van der Waals surface area contributed by atoms with Gasteiger partial charge in [0.2, 0.25) is 11.9 Å². The lowest BCUT2D eigenvalue weighted by Crippen LogP contribution is -2.52. The molecule has 0 radical (unpaired) electrons. The van der Waals surface area contributed by atoms with Crippen molar-refractivity contribution in [3.8, 4) is 0 Å². The molecule has 22 heavy (non-hydrogen) atoms. The van der Waals surface area contributed by atoms with Crippen molar-refractivity contribution in [2.24, 2.45) is 4.99 Å². The molecule has 0 aromatic rings. The van der Waals surface area contributed by atoms with Crippen LogP contribution in [0.25, 0.3) is 0 Å². The second-order valence-corrected chi connectivity index (χ2v) is 5.73. The zero-order valence-corrected chi connectivity index (χ0v) is 11.8. The number of rotatable bonds is 2. The molecule has 0 aromatic carbocycles. The van der Waals surface area contributed by atoms with Crippen LogP contribution in [0, 0.1) is 5.41 Å². The molecule has 122 valence electrons. The van der Waals surface area contributed by atoms with Gasteiger partial charge in [0, 0.05) is 0 Å². The maximum absolute atomic E-state index is 12.0. The number of aliphatic hydroxyl groups excluding tert-OH is 3. The fraction of sp³-hybridized carbons (Fsp3) is 0.600. The number of nitrogens with one attached hydrogen (secondary N) is 2. The minimum Gasteiger partial charge on any atom is -0.412 e. The Morgan fingerprint density at radius 2 is 2.05 bits per heavy atom. The zero-order valence-electron chi connectivity index (χ0n) is 11.0. The summed E-state index contributed by atoms with van der Waals surface area (Å²) in [5, 5.41) is 36.8. The molecular formula is C10H14N4O7S. The average Bonchev–Trinajstić information content (AvgIpc) is 2.89. The molecule has 11 nitrogen and oxygen atoms in total. The Bertz CT molecular complexity index is 555. The van der Waals surface area contributed by atoms with Gasteiger partial charge >= 0.3 is 0 Å². The van der Waals surface area contributed by atoms with Crippen LogP contribution in [-0.4, -0.2) is 85.0 Å².